The highest BCUT2D eigenvalue weighted by Crippen LogP contribution is 2.19. The number of carbonyl (C=O) groups is 2. The van der Waals surface area contributed by atoms with E-state index in [1.807, 2.05) is 43.3 Å². The molecule has 0 saturated carbocycles. The highest BCUT2D eigenvalue weighted by molar-refractivity contribution is 7.89. The molecule has 7 nitrogen and oxygen atoms in total. The number of esters is 1. The molecule has 8 heteroatoms. The quantitative estimate of drug-likeness (QED) is 0.624. The molecule has 0 aliphatic heterocycles. The van der Waals surface area contributed by atoms with Crippen LogP contribution in [0.4, 0.5) is 5.69 Å². The van der Waals surface area contributed by atoms with E-state index >= 15 is 0 Å². The molecular weight excluding hydrogens is 380 g/mol. The molecule has 2 aromatic rings. The van der Waals surface area contributed by atoms with E-state index in [9.17, 15) is 18.0 Å². The van der Waals surface area contributed by atoms with Gasteiger partial charge in [0.05, 0.1) is 5.75 Å². The lowest BCUT2D eigenvalue weighted by molar-refractivity contribution is -0.154. The first kappa shape index (κ1) is 21.8. The maximum Gasteiger partial charge on any atom is 0.324 e. The van der Waals surface area contributed by atoms with Gasteiger partial charge in [-0.3, -0.25) is 9.59 Å². The van der Waals surface area contributed by atoms with Crippen molar-refractivity contribution in [2.24, 2.45) is 0 Å². The van der Waals surface area contributed by atoms with Crippen LogP contribution in [0.5, 0.6) is 0 Å². The number of carbonyl (C=O) groups excluding carboxylic acids is 2. The number of benzene rings is 2. The number of unbranched alkanes of at least 4 members (excludes halogenated alkanes) is 1. The number of rotatable bonds is 9. The molecule has 1 amide bonds. The smallest absolute Gasteiger partial charge is 0.324 e. The molecule has 2 rings (SSSR count). The second-order valence-corrected chi connectivity index (χ2v) is 8.52. The summed E-state index contributed by atoms with van der Waals surface area (Å²) in [5, 5.41) is 4.72. The van der Waals surface area contributed by atoms with Crippen molar-refractivity contribution in [2.75, 3.05) is 11.1 Å². The zero-order valence-corrected chi connectivity index (χ0v) is 17.1. The average molecular weight is 407 g/mol. The first-order valence-corrected chi connectivity index (χ1v) is 10.9. The number of ether oxygens (including phenoxy) is 1. The van der Waals surface area contributed by atoms with Crippen LogP contribution >= 0.6 is 0 Å². The van der Waals surface area contributed by atoms with E-state index in [0.717, 1.165) is 17.2 Å². The van der Waals surface area contributed by atoms with Crippen molar-refractivity contribution in [2.45, 2.75) is 45.8 Å². The molecule has 0 unspecified atom stereocenters. The van der Waals surface area contributed by atoms with Crippen molar-refractivity contribution in [3.05, 3.63) is 42.5 Å². The number of hydrogen-bond donors (Lipinski definition) is 2. The molecule has 0 fully saturated rings. The lowest BCUT2D eigenvalue weighted by Crippen LogP contribution is -2.43. The summed E-state index contributed by atoms with van der Waals surface area (Å²) in [5.41, 5.74) is 0.583. The Morgan fingerprint density at radius 3 is 2.43 bits per heavy atom. The maximum atomic E-state index is 12.3. The molecule has 0 radical (unpaired) electrons. The second kappa shape index (κ2) is 9.66. The molecule has 152 valence electrons. The Bertz CT molecular complexity index is 943. The van der Waals surface area contributed by atoms with Gasteiger partial charge in [0.15, 0.2) is 6.10 Å². The van der Waals surface area contributed by atoms with Crippen LogP contribution in [0.1, 0.15) is 33.6 Å². The van der Waals surface area contributed by atoms with Gasteiger partial charge in [0.25, 0.3) is 5.91 Å². The maximum absolute atomic E-state index is 12.3. The van der Waals surface area contributed by atoms with Gasteiger partial charge in [-0.25, -0.2) is 13.1 Å². The topological polar surface area (TPSA) is 102 Å². The fourth-order valence-electron chi connectivity index (χ4n) is 2.55. The molecule has 28 heavy (non-hydrogen) atoms. The predicted octanol–water partition coefficient (Wildman–Crippen LogP) is 2.82. The van der Waals surface area contributed by atoms with E-state index < -0.39 is 34.0 Å². The first-order chi connectivity index (χ1) is 13.2. The van der Waals surface area contributed by atoms with Crippen LogP contribution in [0.25, 0.3) is 10.8 Å². The van der Waals surface area contributed by atoms with Crippen molar-refractivity contribution in [3.8, 4) is 0 Å². The van der Waals surface area contributed by atoms with Crippen molar-refractivity contribution in [1.29, 1.82) is 0 Å². The Morgan fingerprint density at radius 1 is 1.07 bits per heavy atom. The Hall–Kier alpha value is -2.45. The zero-order chi connectivity index (χ0) is 20.7. The minimum atomic E-state index is -3.56. The van der Waals surface area contributed by atoms with Gasteiger partial charge in [-0.1, -0.05) is 43.7 Å². The lowest BCUT2D eigenvalue weighted by atomic mass is 10.1. The molecule has 0 heterocycles. The third kappa shape index (κ3) is 6.31. The minimum absolute atomic E-state index is 0.0564. The van der Waals surface area contributed by atoms with Crippen LogP contribution in [-0.2, 0) is 24.3 Å². The minimum Gasteiger partial charge on any atom is -0.451 e. The molecule has 0 aliphatic carbocycles. The van der Waals surface area contributed by atoms with E-state index in [-0.39, 0.29) is 5.75 Å². The molecule has 2 atom stereocenters. The van der Waals surface area contributed by atoms with Crippen LogP contribution < -0.4 is 10.0 Å². The number of amides is 1. The van der Waals surface area contributed by atoms with Crippen LogP contribution in [0.15, 0.2) is 42.5 Å². The molecule has 0 spiro atoms. The molecule has 0 saturated heterocycles. The molecule has 0 bridgehead atoms. The Labute approximate surface area is 165 Å². The largest absolute Gasteiger partial charge is 0.451 e. The summed E-state index contributed by atoms with van der Waals surface area (Å²) in [6.07, 6.45) is 0.162. The van der Waals surface area contributed by atoms with Gasteiger partial charge in [0.1, 0.15) is 6.04 Å². The van der Waals surface area contributed by atoms with E-state index in [1.165, 1.54) is 13.8 Å². The van der Waals surface area contributed by atoms with Gasteiger partial charge in [-0.15, -0.1) is 0 Å². The van der Waals surface area contributed by atoms with E-state index in [4.69, 9.17) is 4.74 Å². The van der Waals surface area contributed by atoms with Crippen molar-refractivity contribution >= 4 is 38.4 Å². The number of nitrogens with one attached hydrogen (secondary N) is 2. The van der Waals surface area contributed by atoms with Crippen LogP contribution in [-0.4, -0.2) is 38.2 Å². The lowest BCUT2D eigenvalue weighted by Gasteiger charge is -2.17. The third-order valence-corrected chi connectivity index (χ3v) is 5.69. The first-order valence-electron chi connectivity index (χ1n) is 9.22. The van der Waals surface area contributed by atoms with Crippen molar-refractivity contribution in [3.63, 3.8) is 0 Å². The summed E-state index contributed by atoms with van der Waals surface area (Å²) < 4.78 is 31.1. The van der Waals surface area contributed by atoms with Gasteiger partial charge in [-0.05, 0) is 43.2 Å². The second-order valence-electron chi connectivity index (χ2n) is 6.64. The summed E-state index contributed by atoms with van der Waals surface area (Å²) in [7, 11) is -3.56. The molecular formula is C20H26N2O5S. The summed E-state index contributed by atoms with van der Waals surface area (Å²) in [6.45, 7) is 4.70. The van der Waals surface area contributed by atoms with Crippen LogP contribution in [0, 0.1) is 0 Å². The standard InChI is InChI=1S/C20H26N2O5S/c1-4-5-12-28(25,26)22-14(2)20(24)27-15(3)19(23)21-18-11-10-16-8-6-7-9-17(16)13-18/h6-11,13-15,22H,4-5,12H2,1-3H3,(H,21,23)/t14-,15-/m0/s1. The van der Waals surface area contributed by atoms with E-state index in [1.54, 1.807) is 6.07 Å². The molecule has 2 N–H and O–H groups in total. The monoisotopic (exact) mass is 406 g/mol. The van der Waals surface area contributed by atoms with E-state index in [0.29, 0.717) is 12.1 Å². The normalized spacial score (nSPS) is 13.7. The zero-order valence-electron chi connectivity index (χ0n) is 16.3. The number of sulfonamides is 1. The van der Waals surface area contributed by atoms with Gasteiger partial charge >= 0.3 is 5.97 Å². The Kier molecular flexibility index (Phi) is 7.53. The third-order valence-electron chi connectivity index (χ3n) is 4.16. The van der Waals surface area contributed by atoms with Crippen molar-refractivity contribution in [1.82, 2.24) is 4.72 Å². The highest BCUT2D eigenvalue weighted by Gasteiger charge is 2.25. The highest BCUT2D eigenvalue weighted by atomic mass is 32.2. The molecule has 0 aliphatic rings. The summed E-state index contributed by atoms with van der Waals surface area (Å²) in [5.74, 6) is -1.36. The fourth-order valence-corrected chi connectivity index (χ4v) is 3.97. The van der Waals surface area contributed by atoms with E-state index in [2.05, 4.69) is 10.0 Å². The van der Waals surface area contributed by atoms with Gasteiger partial charge < -0.3 is 10.1 Å². The average Bonchev–Trinajstić information content (AvgIpc) is 2.65. The summed E-state index contributed by atoms with van der Waals surface area (Å²) in [6, 6.07) is 12.1. The number of anilines is 1. The summed E-state index contributed by atoms with van der Waals surface area (Å²) >= 11 is 0. The Morgan fingerprint density at radius 2 is 1.75 bits per heavy atom. The van der Waals surface area contributed by atoms with Gasteiger partial charge in [0, 0.05) is 5.69 Å². The van der Waals surface area contributed by atoms with Crippen LogP contribution in [0.2, 0.25) is 0 Å². The number of fused-ring (bicyclic) bond motifs is 1. The van der Waals surface area contributed by atoms with Crippen LogP contribution in [0.3, 0.4) is 0 Å². The fraction of sp³-hybridized carbons (Fsp3) is 0.400. The molecule has 0 aromatic heterocycles. The number of hydrogen-bond acceptors (Lipinski definition) is 5. The van der Waals surface area contributed by atoms with Crippen molar-refractivity contribution < 1.29 is 22.7 Å². The summed E-state index contributed by atoms with van der Waals surface area (Å²) in [4.78, 5) is 24.4. The SMILES string of the molecule is CCCCS(=O)(=O)N[C@@H](C)C(=O)O[C@@H](C)C(=O)Nc1ccc2ccccc2c1. The van der Waals surface area contributed by atoms with Gasteiger partial charge in [0.2, 0.25) is 10.0 Å². The van der Waals surface area contributed by atoms with Gasteiger partial charge in [-0.2, -0.15) is 0 Å². The Balaban J connectivity index is 1.92. The molecule has 2 aromatic carbocycles. The predicted molar refractivity (Wildman–Crippen MR) is 109 cm³/mol.